The molecule has 0 aliphatic rings. The molecule has 0 radical (unpaired) electrons. The van der Waals surface area contributed by atoms with E-state index in [2.05, 4.69) is 0 Å². The Bertz CT molecular complexity index is 758. The van der Waals surface area contributed by atoms with Crippen molar-refractivity contribution in [1.29, 1.82) is 5.26 Å². The van der Waals surface area contributed by atoms with E-state index in [1.165, 1.54) is 6.08 Å². The summed E-state index contributed by atoms with van der Waals surface area (Å²) in [6, 6.07) is 18.5. The van der Waals surface area contributed by atoms with E-state index in [-0.39, 0.29) is 18.1 Å². The summed E-state index contributed by atoms with van der Waals surface area (Å²) in [6.07, 6.45) is 1.50. The summed E-state index contributed by atoms with van der Waals surface area (Å²) >= 11 is 0. The molecular weight excluding hydrogens is 302 g/mol. The van der Waals surface area contributed by atoms with Gasteiger partial charge in [0.15, 0.2) is 0 Å². The zero-order valence-corrected chi connectivity index (χ0v) is 13.7. The van der Waals surface area contributed by atoms with Crippen LogP contribution in [0.1, 0.15) is 19.4 Å². The van der Waals surface area contributed by atoms with Gasteiger partial charge in [0.2, 0.25) is 0 Å². The number of carbonyl (C=O) groups is 1. The van der Waals surface area contributed by atoms with Crippen LogP contribution in [0.3, 0.4) is 0 Å². The molecule has 0 aromatic heterocycles. The smallest absolute Gasteiger partial charge is 0.348 e. The third-order valence-electron chi connectivity index (χ3n) is 3.04. The molecule has 0 aliphatic carbocycles. The summed E-state index contributed by atoms with van der Waals surface area (Å²) in [5, 5.41) is 9.18. The fourth-order valence-electron chi connectivity index (χ4n) is 1.92. The number of rotatable bonds is 6. The standard InChI is InChI=1S/C20H19NO3/c1-15(2)14-23-20(22)17(13-21)11-16-7-6-10-19(12-16)24-18-8-4-3-5-9-18/h3-12,15H,14H2,1-2H3/b17-11-. The second-order valence-corrected chi connectivity index (χ2v) is 5.65. The molecule has 0 amide bonds. The van der Waals surface area contributed by atoms with Gasteiger partial charge in [-0.25, -0.2) is 4.79 Å². The molecule has 4 heteroatoms. The average Bonchev–Trinajstić information content (AvgIpc) is 2.59. The van der Waals surface area contributed by atoms with Gasteiger partial charge in [0.05, 0.1) is 6.61 Å². The lowest BCUT2D eigenvalue weighted by atomic mass is 10.1. The first-order chi connectivity index (χ1) is 11.6. The van der Waals surface area contributed by atoms with E-state index in [1.54, 1.807) is 18.2 Å². The van der Waals surface area contributed by atoms with Crippen LogP contribution in [0.4, 0.5) is 0 Å². The molecular formula is C20H19NO3. The van der Waals surface area contributed by atoms with Crippen molar-refractivity contribution in [3.8, 4) is 17.6 Å². The molecule has 0 saturated carbocycles. The van der Waals surface area contributed by atoms with Gasteiger partial charge in [-0.2, -0.15) is 5.26 Å². The van der Waals surface area contributed by atoms with Crippen LogP contribution in [0.15, 0.2) is 60.2 Å². The van der Waals surface area contributed by atoms with E-state index in [0.717, 1.165) is 5.75 Å². The molecule has 0 aliphatic heterocycles. The van der Waals surface area contributed by atoms with E-state index < -0.39 is 5.97 Å². The van der Waals surface area contributed by atoms with Crippen LogP contribution in [0.5, 0.6) is 11.5 Å². The molecule has 24 heavy (non-hydrogen) atoms. The van der Waals surface area contributed by atoms with Crippen LogP contribution in [0, 0.1) is 17.2 Å². The zero-order valence-electron chi connectivity index (χ0n) is 13.7. The Hall–Kier alpha value is -3.06. The first-order valence-electron chi connectivity index (χ1n) is 7.70. The molecule has 2 aromatic carbocycles. The maximum Gasteiger partial charge on any atom is 0.348 e. The van der Waals surface area contributed by atoms with E-state index in [1.807, 2.05) is 56.3 Å². The first-order valence-corrected chi connectivity index (χ1v) is 7.70. The van der Waals surface area contributed by atoms with Crippen molar-refractivity contribution in [3.63, 3.8) is 0 Å². The van der Waals surface area contributed by atoms with Gasteiger partial charge in [-0.15, -0.1) is 0 Å². The lowest BCUT2D eigenvalue weighted by molar-refractivity contribution is -0.139. The van der Waals surface area contributed by atoms with Crippen LogP contribution in [-0.4, -0.2) is 12.6 Å². The highest BCUT2D eigenvalue weighted by Gasteiger charge is 2.11. The Kier molecular flexibility index (Phi) is 6.16. The molecule has 0 atom stereocenters. The second kappa shape index (κ2) is 8.54. The molecule has 0 saturated heterocycles. The molecule has 0 unspecified atom stereocenters. The third kappa shape index (κ3) is 5.29. The average molecular weight is 321 g/mol. The van der Waals surface area contributed by atoms with E-state index in [9.17, 15) is 10.1 Å². The van der Waals surface area contributed by atoms with E-state index in [4.69, 9.17) is 9.47 Å². The lowest BCUT2D eigenvalue weighted by Gasteiger charge is -2.07. The highest BCUT2D eigenvalue weighted by Crippen LogP contribution is 2.22. The molecule has 0 N–H and O–H groups in total. The summed E-state index contributed by atoms with van der Waals surface area (Å²) < 4.78 is 10.8. The Labute approximate surface area is 141 Å². The largest absolute Gasteiger partial charge is 0.461 e. The number of nitrogens with zero attached hydrogens (tertiary/aromatic N) is 1. The Morgan fingerprint density at radius 3 is 2.50 bits per heavy atom. The van der Waals surface area contributed by atoms with E-state index in [0.29, 0.717) is 11.3 Å². The third-order valence-corrected chi connectivity index (χ3v) is 3.04. The van der Waals surface area contributed by atoms with E-state index >= 15 is 0 Å². The van der Waals surface area contributed by atoms with Crippen LogP contribution in [0.2, 0.25) is 0 Å². The normalized spacial score (nSPS) is 11.0. The number of nitriles is 1. The molecule has 2 rings (SSSR count). The zero-order chi connectivity index (χ0) is 17.4. The van der Waals surface area contributed by atoms with Gasteiger partial charge in [-0.05, 0) is 41.8 Å². The summed E-state index contributed by atoms with van der Waals surface area (Å²) in [5.74, 6) is 0.954. The minimum atomic E-state index is -0.611. The topological polar surface area (TPSA) is 59.3 Å². The van der Waals surface area contributed by atoms with Crippen LogP contribution in [-0.2, 0) is 9.53 Å². The molecule has 0 fully saturated rings. The first kappa shape index (κ1) is 17.3. The second-order valence-electron chi connectivity index (χ2n) is 5.65. The Balaban J connectivity index is 2.14. The number of benzene rings is 2. The summed E-state index contributed by atoms with van der Waals surface area (Å²) in [6.45, 7) is 4.16. The van der Waals surface area contributed by atoms with Crippen molar-refractivity contribution in [3.05, 3.63) is 65.7 Å². The molecule has 0 spiro atoms. The SMILES string of the molecule is CC(C)COC(=O)/C(C#N)=C\c1cccc(Oc2ccccc2)c1. The van der Waals surface area contributed by atoms with Crippen molar-refractivity contribution < 1.29 is 14.3 Å². The fourth-order valence-corrected chi connectivity index (χ4v) is 1.92. The molecule has 2 aromatic rings. The quantitative estimate of drug-likeness (QED) is 0.444. The Morgan fingerprint density at radius 2 is 1.83 bits per heavy atom. The van der Waals surface area contributed by atoms with Gasteiger partial charge in [0, 0.05) is 0 Å². The van der Waals surface area contributed by atoms with Gasteiger partial charge < -0.3 is 9.47 Å². The molecule has 0 bridgehead atoms. The Morgan fingerprint density at radius 1 is 1.12 bits per heavy atom. The summed E-state index contributed by atoms with van der Waals surface area (Å²) in [5.41, 5.74) is 0.661. The minimum absolute atomic E-state index is 0.0347. The monoisotopic (exact) mass is 321 g/mol. The highest BCUT2D eigenvalue weighted by atomic mass is 16.5. The van der Waals surface area contributed by atoms with Crippen LogP contribution < -0.4 is 4.74 Å². The maximum absolute atomic E-state index is 11.9. The van der Waals surface area contributed by atoms with Gasteiger partial charge in [0.25, 0.3) is 0 Å². The maximum atomic E-state index is 11.9. The predicted octanol–water partition coefficient (Wildman–Crippen LogP) is 4.59. The number of para-hydroxylation sites is 1. The number of hydrogen-bond donors (Lipinski definition) is 0. The van der Waals surface area contributed by atoms with Crippen LogP contribution >= 0.6 is 0 Å². The lowest BCUT2D eigenvalue weighted by Crippen LogP contribution is -2.11. The van der Waals surface area contributed by atoms with Gasteiger partial charge in [-0.1, -0.05) is 44.2 Å². The van der Waals surface area contributed by atoms with Gasteiger partial charge >= 0.3 is 5.97 Å². The van der Waals surface area contributed by atoms with Crippen molar-refractivity contribution in [1.82, 2.24) is 0 Å². The molecule has 4 nitrogen and oxygen atoms in total. The summed E-state index contributed by atoms with van der Waals surface area (Å²) in [4.78, 5) is 11.9. The van der Waals surface area contributed by atoms with Gasteiger partial charge in [0.1, 0.15) is 23.1 Å². The fraction of sp³-hybridized carbons (Fsp3) is 0.200. The number of esters is 1. The number of ether oxygens (including phenoxy) is 2. The number of carbonyl (C=O) groups excluding carboxylic acids is 1. The van der Waals surface area contributed by atoms with Crippen molar-refractivity contribution in [2.75, 3.05) is 6.61 Å². The number of hydrogen-bond acceptors (Lipinski definition) is 4. The van der Waals surface area contributed by atoms with Gasteiger partial charge in [-0.3, -0.25) is 0 Å². The van der Waals surface area contributed by atoms with Crippen molar-refractivity contribution in [2.24, 2.45) is 5.92 Å². The predicted molar refractivity (Wildman–Crippen MR) is 92.3 cm³/mol. The van der Waals surface area contributed by atoms with Crippen molar-refractivity contribution in [2.45, 2.75) is 13.8 Å². The highest BCUT2D eigenvalue weighted by molar-refractivity contribution is 5.97. The van der Waals surface area contributed by atoms with Crippen LogP contribution in [0.25, 0.3) is 6.08 Å². The molecule has 122 valence electrons. The summed E-state index contributed by atoms with van der Waals surface area (Å²) in [7, 11) is 0. The van der Waals surface area contributed by atoms with Crippen molar-refractivity contribution >= 4 is 12.0 Å². The minimum Gasteiger partial charge on any atom is -0.461 e. The molecule has 0 heterocycles.